The highest BCUT2D eigenvalue weighted by Crippen LogP contribution is 2.32. The first-order valence-corrected chi connectivity index (χ1v) is 9.48. The summed E-state index contributed by atoms with van der Waals surface area (Å²) in [4.78, 5) is 23.1. The number of fused-ring (bicyclic) bond motifs is 1. The fourth-order valence-electron chi connectivity index (χ4n) is 2.78. The summed E-state index contributed by atoms with van der Waals surface area (Å²) in [5.74, 6) is 0.420. The Morgan fingerprint density at radius 2 is 2.03 bits per heavy atom. The van der Waals surface area contributed by atoms with E-state index in [2.05, 4.69) is 31.6 Å². The maximum absolute atomic E-state index is 12.4. The molecule has 11 heteroatoms. The molecule has 4 rings (SSSR count). The Balaban J connectivity index is 1.47. The van der Waals surface area contributed by atoms with Crippen LogP contribution in [0.1, 0.15) is 21.6 Å². The van der Waals surface area contributed by atoms with Gasteiger partial charge in [0.05, 0.1) is 17.7 Å². The summed E-state index contributed by atoms with van der Waals surface area (Å²) >= 11 is 3.35. The first-order chi connectivity index (χ1) is 14.5. The van der Waals surface area contributed by atoms with Crippen LogP contribution in [0.25, 0.3) is 0 Å². The van der Waals surface area contributed by atoms with Gasteiger partial charge in [-0.15, -0.1) is 0 Å². The number of ether oxygens (including phenoxy) is 2. The summed E-state index contributed by atoms with van der Waals surface area (Å²) < 4.78 is 12.8. The van der Waals surface area contributed by atoms with Gasteiger partial charge in [0.1, 0.15) is 6.20 Å². The number of nitrogens with one attached hydrogen (secondary N) is 1. The van der Waals surface area contributed by atoms with Crippen molar-refractivity contribution < 1.29 is 19.2 Å². The van der Waals surface area contributed by atoms with E-state index in [0.717, 1.165) is 10.0 Å². The van der Waals surface area contributed by atoms with E-state index in [-0.39, 0.29) is 19.0 Å². The van der Waals surface area contributed by atoms with Crippen molar-refractivity contribution in [1.29, 1.82) is 0 Å². The molecule has 0 radical (unpaired) electrons. The Labute approximate surface area is 178 Å². The molecule has 0 saturated carbocycles. The van der Waals surface area contributed by atoms with Crippen molar-refractivity contribution in [2.24, 2.45) is 5.10 Å². The third-order valence-electron chi connectivity index (χ3n) is 4.19. The molecule has 10 nitrogen and oxygen atoms in total. The van der Waals surface area contributed by atoms with Crippen LogP contribution in [0.5, 0.6) is 11.5 Å². The van der Waals surface area contributed by atoms with Crippen LogP contribution in [-0.2, 0) is 6.54 Å². The van der Waals surface area contributed by atoms with E-state index < -0.39 is 16.5 Å². The first kappa shape index (κ1) is 19.6. The highest BCUT2D eigenvalue weighted by Gasteiger charge is 2.25. The highest BCUT2D eigenvalue weighted by molar-refractivity contribution is 9.10. The third-order valence-corrected chi connectivity index (χ3v) is 4.72. The SMILES string of the molecule is O=C(NN=Cc1ccc2c(c1)OCO2)c1nn(Cc2ccc(Br)cc2)cc1[N+](=O)[O-]. The van der Waals surface area contributed by atoms with Gasteiger partial charge in [-0.25, -0.2) is 5.43 Å². The van der Waals surface area contributed by atoms with E-state index in [1.807, 2.05) is 24.3 Å². The molecule has 0 spiro atoms. The minimum atomic E-state index is -0.784. The number of hydrogen-bond donors (Lipinski definition) is 1. The second-order valence-corrected chi connectivity index (χ2v) is 7.17. The standard InChI is InChI=1S/C19H14BrN5O5/c20-14-4-1-12(2-5-14)9-24-10-15(25(27)28)18(23-24)19(26)22-21-8-13-3-6-16-17(7-13)30-11-29-16/h1-8,10H,9,11H2,(H,22,26). The van der Waals surface area contributed by atoms with Crippen molar-refractivity contribution in [2.45, 2.75) is 6.54 Å². The summed E-state index contributed by atoms with van der Waals surface area (Å²) in [5.41, 5.74) is 3.09. The van der Waals surface area contributed by atoms with Crippen LogP contribution < -0.4 is 14.9 Å². The molecule has 0 bridgehead atoms. The van der Waals surface area contributed by atoms with Gasteiger partial charge in [0.15, 0.2) is 11.5 Å². The largest absolute Gasteiger partial charge is 0.454 e. The predicted octanol–water partition coefficient (Wildman–Crippen LogP) is 3.09. The second kappa shape index (κ2) is 8.33. The van der Waals surface area contributed by atoms with Crippen LogP contribution in [0.3, 0.4) is 0 Å². The minimum Gasteiger partial charge on any atom is -0.454 e. The summed E-state index contributed by atoms with van der Waals surface area (Å²) in [6.07, 6.45) is 2.61. The van der Waals surface area contributed by atoms with E-state index in [9.17, 15) is 14.9 Å². The monoisotopic (exact) mass is 471 g/mol. The molecule has 2 aromatic carbocycles. The highest BCUT2D eigenvalue weighted by atomic mass is 79.9. The van der Waals surface area contributed by atoms with E-state index in [1.165, 1.54) is 17.1 Å². The van der Waals surface area contributed by atoms with Gasteiger partial charge < -0.3 is 9.47 Å². The Kier molecular flexibility index (Phi) is 5.44. The number of halogens is 1. The number of hydrazone groups is 1. The van der Waals surface area contributed by atoms with Crippen molar-refractivity contribution in [3.63, 3.8) is 0 Å². The van der Waals surface area contributed by atoms with Gasteiger partial charge in [-0.2, -0.15) is 10.2 Å². The Morgan fingerprint density at radius 1 is 1.27 bits per heavy atom. The number of carbonyl (C=O) groups is 1. The number of benzene rings is 2. The molecule has 1 N–H and O–H groups in total. The smallest absolute Gasteiger partial charge is 0.320 e. The molecule has 2 heterocycles. The number of nitro groups is 1. The van der Waals surface area contributed by atoms with E-state index in [4.69, 9.17) is 9.47 Å². The number of carbonyl (C=O) groups excluding carboxylic acids is 1. The maximum Gasteiger partial charge on any atom is 0.320 e. The van der Waals surface area contributed by atoms with Gasteiger partial charge in [-0.1, -0.05) is 28.1 Å². The van der Waals surface area contributed by atoms with Gasteiger partial charge in [-0.05, 0) is 41.5 Å². The first-order valence-electron chi connectivity index (χ1n) is 8.69. The van der Waals surface area contributed by atoms with E-state index in [0.29, 0.717) is 17.1 Å². The molecule has 1 aliphatic heterocycles. The third kappa shape index (κ3) is 4.30. The van der Waals surface area contributed by atoms with E-state index in [1.54, 1.807) is 18.2 Å². The minimum absolute atomic E-state index is 0.152. The van der Waals surface area contributed by atoms with Gasteiger partial charge >= 0.3 is 5.69 Å². The topological polar surface area (TPSA) is 121 Å². The van der Waals surface area contributed by atoms with Gasteiger partial charge in [-0.3, -0.25) is 19.6 Å². The quantitative estimate of drug-likeness (QED) is 0.335. The number of hydrogen-bond acceptors (Lipinski definition) is 7. The van der Waals surface area contributed by atoms with Crippen molar-refractivity contribution in [3.05, 3.63) is 80.1 Å². The molecule has 1 amide bonds. The fraction of sp³-hybridized carbons (Fsp3) is 0.105. The van der Waals surface area contributed by atoms with Crippen molar-refractivity contribution in [1.82, 2.24) is 15.2 Å². The normalized spacial score (nSPS) is 12.3. The molecule has 0 aliphatic carbocycles. The number of aromatic nitrogens is 2. The Bertz CT molecular complexity index is 1140. The Morgan fingerprint density at radius 3 is 2.80 bits per heavy atom. The van der Waals surface area contributed by atoms with Crippen molar-refractivity contribution in [2.75, 3.05) is 6.79 Å². The van der Waals surface area contributed by atoms with Gasteiger partial charge in [0.25, 0.3) is 5.91 Å². The average molecular weight is 472 g/mol. The van der Waals surface area contributed by atoms with Crippen LogP contribution in [0.4, 0.5) is 5.69 Å². The van der Waals surface area contributed by atoms with Crippen LogP contribution in [0, 0.1) is 10.1 Å². The van der Waals surface area contributed by atoms with Crippen molar-refractivity contribution >= 4 is 33.7 Å². The number of amides is 1. The lowest BCUT2D eigenvalue weighted by atomic mass is 10.2. The summed E-state index contributed by atoms with van der Waals surface area (Å²) in [6.45, 7) is 0.432. The molecular formula is C19H14BrN5O5. The maximum atomic E-state index is 12.4. The van der Waals surface area contributed by atoms with Crippen LogP contribution in [0.15, 0.2) is 58.2 Å². The summed E-state index contributed by atoms with van der Waals surface area (Å²) in [5, 5.41) is 19.3. The molecule has 3 aromatic rings. The molecule has 0 saturated heterocycles. The number of nitrogens with zero attached hydrogens (tertiary/aromatic N) is 4. The molecule has 1 aliphatic rings. The molecule has 152 valence electrons. The lowest BCUT2D eigenvalue weighted by molar-refractivity contribution is -0.385. The zero-order valence-corrected chi connectivity index (χ0v) is 16.9. The molecular weight excluding hydrogens is 458 g/mol. The van der Waals surface area contributed by atoms with Gasteiger partial charge in [0, 0.05) is 4.47 Å². The van der Waals surface area contributed by atoms with Crippen molar-refractivity contribution in [3.8, 4) is 11.5 Å². The zero-order chi connectivity index (χ0) is 21.1. The van der Waals surface area contributed by atoms with Gasteiger partial charge in [0.2, 0.25) is 12.5 Å². The molecule has 0 unspecified atom stereocenters. The fourth-order valence-corrected chi connectivity index (χ4v) is 3.04. The lowest BCUT2D eigenvalue weighted by Crippen LogP contribution is -2.19. The summed E-state index contributed by atoms with van der Waals surface area (Å²) in [6, 6.07) is 12.6. The number of rotatable bonds is 6. The average Bonchev–Trinajstić information content (AvgIpc) is 3.36. The molecule has 0 atom stereocenters. The molecule has 1 aromatic heterocycles. The molecule has 30 heavy (non-hydrogen) atoms. The predicted molar refractivity (Wildman–Crippen MR) is 110 cm³/mol. The second-order valence-electron chi connectivity index (χ2n) is 6.26. The molecule has 0 fully saturated rings. The zero-order valence-electron chi connectivity index (χ0n) is 15.3. The lowest BCUT2D eigenvalue weighted by Gasteiger charge is -2.01. The van der Waals surface area contributed by atoms with Crippen LogP contribution in [-0.4, -0.2) is 33.6 Å². The van der Waals surface area contributed by atoms with Crippen LogP contribution >= 0.6 is 15.9 Å². The van der Waals surface area contributed by atoms with E-state index >= 15 is 0 Å². The summed E-state index contributed by atoms with van der Waals surface area (Å²) in [7, 11) is 0. The van der Waals surface area contributed by atoms with Crippen LogP contribution in [0.2, 0.25) is 0 Å². The Hall–Kier alpha value is -3.73.